The van der Waals surface area contributed by atoms with Gasteiger partial charge in [0, 0.05) is 13.6 Å². The van der Waals surface area contributed by atoms with Gasteiger partial charge in [-0.2, -0.15) is 0 Å². The van der Waals surface area contributed by atoms with Crippen LogP contribution in [0, 0.1) is 0 Å². The number of aromatic nitrogens is 2. The zero-order chi connectivity index (χ0) is 15.0. The van der Waals surface area contributed by atoms with E-state index < -0.39 is 0 Å². The number of imidazole rings is 1. The van der Waals surface area contributed by atoms with Gasteiger partial charge in [0.15, 0.2) is 0 Å². The smallest absolute Gasteiger partial charge is 0.235 e. The zero-order valence-corrected chi connectivity index (χ0v) is 12.5. The fraction of sp³-hybridized carbons (Fsp3) is 0.333. The van der Waals surface area contributed by atoms with Crippen molar-refractivity contribution in [2.75, 3.05) is 0 Å². The predicted molar refractivity (Wildman–Crippen MR) is 80.6 cm³/mol. The lowest BCUT2D eigenvalue weighted by Crippen LogP contribution is -2.48. The molecule has 0 bridgehead atoms. The van der Waals surface area contributed by atoms with Gasteiger partial charge < -0.3 is 10.3 Å². The quantitative estimate of drug-likeness (QED) is 0.934. The molecule has 0 saturated carbocycles. The topological polar surface area (TPSA) is 64.2 Å². The van der Waals surface area contributed by atoms with Crippen LogP contribution in [-0.4, -0.2) is 26.4 Å². The van der Waals surface area contributed by atoms with Crippen molar-refractivity contribution in [3.63, 3.8) is 0 Å². The molecule has 0 spiro atoms. The first-order valence-corrected chi connectivity index (χ1v) is 7.20. The van der Waals surface area contributed by atoms with E-state index in [0.717, 1.165) is 5.82 Å². The third-order valence-electron chi connectivity index (χ3n) is 4.05. The van der Waals surface area contributed by atoms with Gasteiger partial charge in [-0.05, 0) is 17.5 Å². The van der Waals surface area contributed by atoms with Crippen LogP contribution in [0.25, 0.3) is 0 Å². The van der Waals surface area contributed by atoms with Crippen LogP contribution in [0.1, 0.15) is 17.0 Å². The fourth-order valence-corrected chi connectivity index (χ4v) is 2.92. The number of amides is 1. The Kier molecular flexibility index (Phi) is 3.69. The molecule has 21 heavy (non-hydrogen) atoms. The highest BCUT2D eigenvalue weighted by molar-refractivity contribution is 6.29. The molecule has 0 aliphatic carbocycles. The summed E-state index contributed by atoms with van der Waals surface area (Å²) in [7, 11) is 1.86. The maximum atomic E-state index is 11.8. The molecule has 0 saturated heterocycles. The monoisotopic (exact) mass is 304 g/mol. The summed E-state index contributed by atoms with van der Waals surface area (Å²) in [5.41, 5.74) is 8.00. The molecular formula is C15H17ClN4O. The minimum Gasteiger partial charge on any atom is -0.368 e. The molecular weight excluding hydrogens is 288 g/mol. The summed E-state index contributed by atoms with van der Waals surface area (Å²) in [6.07, 6.45) is 2.26. The summed E-state index contributed by atoms with van der Waals surface area (Å²) in [6.45, 7) is 1.24. The highest BCUT2D eigenvalue weighted by Crippen LogP contribution is 2.25. The Hall–Kier alpha value is -1.85. The number of nitrogens with zero attached hydrogens (tertiary/aromatic N) is 3. The van der Waals surface area contributed by atoms with E-state index in [1.165, 1.54) is 11.1 Å². The number of hydrogen-bond donors (Lipinski definition) is 1. The summed E-state index contributed by atoms with van der Waals surface area (Å²) >= 11 is 6.02. The molecule has 0 fully saturated rings. The van der Waals surface area contributed by atoms with Gasteiger partial charge in [-0.3, -0.25) is 9.69 Å². The highest BCUT2D eigenvalue weighted by atomic mass is 35.5. The van der Waals surface area contributed by atoms with E-state index in [-0.39, 0.29) is 11.9 Å². The number of nitrogens with two attached hydrogens (primary N) is 1. The highest BCUT2D eigenvalue weighted by Gasteiger charge is 2.30. The molecule has 1 aromatic carbocycles. The van der Waals surface area contributed by atoms with E-state index in [1.807, 2.05) is 23.7 Å². The maximum absolute atomic E-state index is 11.8. The standard InChI is InChI=1S/C15H17ClN4O/c1-19-13(16)7-18-14(19)9-20-8-11-5-3-2-4-10(11)6-12(20)15(17)21/h2-5,7,12H,6,8-9H2,1H3,(H2,17,21). The van der Waals surface area contributed by atoms with Crippen molar-refractivity contribution in [1.82, 2.24) is 14.5 Å². The summed E-state index contributed by atoms with van der Waals surface area (Å²) < 4.78 is 1.82. The van der Waals surface area contributed by atoms with Gasteiger partial charge in [0.1, 0.15) is 11.0 Å². The molecule has 2 heterocycles. The van der Waals surface area contributed by atoms with Crippen LogP contribution >= 0.6 is 11.6 Å². The van der Waals surface area contributed by atoms with E-state index in [2.05, 4.69) is 22.0 Å². The van der Waals surface area contributed by atoms with Crippen LogP contribution < -0.4 is 5.73 Å². The molecule has 1 aromatic heterocycles. The Morgan fingerprint density at radius 1 is 1.43 bits per heavy atom. The first kappa shape index (κ1) is 14.1. The average Bonchev–Trinajstić information content (AvgIpc) is 2.78. The Morgan fingerprint density at radius 3 is 2.76 bits per heavy atom. The second kappa shape index (κ2) is 5.50. The number of carbonyl (C=O) groups is 1. The number of carbonyl (C=O) groups excluding carboxylic acids is 1. The number of rotatable bonds is 3. The number of primary amides is 1. The number of halogens is 1. The Balaban J connectivity index is 1.89. The van der Waals surface area contributed by atoms with E-state index in [4.69, 9.17) is 17.3 Å². The molecule has 5 nitrogen and oxygen atoms in total. The van der Waals surface area contributed by atoms with Crippen molar-refractivity contribution >= 4 is 17.5 Å². The van der Waals surface area contributed by atoms with E-state index in [1.54, 1.807) is 6.20 Å². The summed E-state index contributed by atoms with van der Waals surface area (Å²) in [5, 5.41) is 0.582. The minimum atomic E-state index is -0.310. The van der Waals surface area contributed by atoms with Crippen LogP contribution in [-0.2, 0) is 31.4 Å². The molecule has 2 aromatic rings. The van der Waals surface area contributed by atoms with Crippen molar-refractivity contribution in [3.05, 3.63) is 52.6 Å². The van der Waals surface area contributed by atoms with Crippen molar-refractivity contribution in [2.45, 2.75) is 25.6 Å². The molecule has 6 heteroatoms. The zero-order valence-electron chi connectivity index (χ0n) is 11.8. The molecule has 2 N–H and O–H groups in total. The van der Waals surface area contributed by atoms with Gasteiger partial charge >= 0.3 is 0 Å². The Bertz CT molecular complexity index is 682. The lowest BCUT2D eigenvalue weighted by molar-refractivity contribution is -0.124. The molecule has 1 amide bonds. The first-order chi connectivity index (χ1) is 10.1. The van der Waals surface area contributed by atoms with E-state index in [0.29, 0.717) is 24.7 Å². The second-order valence-corrected chi connectivity index (χ2v) is 5.74. The summed E-state index contributed by atoms with van der Waals surface area (Å²) in [4.78, 5) is 18.1. The van der Waals surface area contributed by atoms with Crippen LogP contribution in [0.4, 0.5) is 0 Å². The van der Waals surface area contributed by atoms with Gasteiger partial charge in [-0.25, -0.2) is 4.98 Å². The first-order valence-electron chi connectivity index (χ1n) is 6.82. The maximum Gasteiger partial charge on any atom is 0.235 e. The molecule has 0 radical (unpaired) electrons. The van der Waals surface area contributed by atoms with Crippen LogP contribution in [0.2, 0.25) is 5.15 Å². The number of hydrogen-bond acceptors (Lipinski definition) is 3. The van der Waals surface area contributed by atoms with Crippen molar-refractivity contribution in [3.8, 4) is 0 Å². The fourth-order valence-electron chi connectivity index (χ4n) is 2.78. The summed E-state index contributed by atoms with van der Waals surface area (Å²) in [5.74, 6) is 0.524. The normalized spacial score (nSPS) is 18.5. The van der Waals surface area contributed by atoms with Crippen molar-refractivity contribution in [2.24, 2.45) is 12.8 Å². The third kappa shape index (κ3) is 2.66. The lowest BCUT2D eigenvalue weighted by Gasteiger charge is -2.34. The molecule has 1 aliphatic rings. The summed E-state index contributed by atoms with van der Waals surface area (Å²) in [6, 6.07) is 7.84. The second-order valence-electron chi connectivity index (χ2n) is 5.35. The van der Waals surface area contributed by atoms with Crippen molar-refractivity contribution < 1.29 is 4.79 Å². The van der Waals surface area contributed by atoms with Crippen molar-refractivity contribution in [1.29, 1.82) is 0 Å². The number of benzene rings is 1. The predicted octanol–water partition coefficient (Wildman–Crippen LogP) is 1.49. The molecule has 3 rings (SSSR count). The van der Waals surface area contributed by atoms with Gasteiger partial charge in [0.2, 0.25) is 5.91 Å². The largest absolute Gasteiger partial charge is 0.368 e. The van der Waals surface area contributed by atoms with Crippen LogP contribution in [0.3, 0.4) is 0 Å². The molecule has 1 atom stereocenters. The minimum absolute atomic E-state index is 0.301. The van der Waals surface area contributed by atoms with E-state index >= 15 is 0 Å². The molecule has 110 valence electrons. The Labute approximate surface area is 128 Å². The van der Waals surface area contributed by atoms with Gasteiger partial charge in [-0.1, -0.05) is 35.9 Å². The third-order valence-corrected chi connectivity index (χ3v) is 4.40. The van der Waals surface area contributed by atoms with Crippen LogP contribution in [0.15, 0.2) is 30.5 Å². The molecule has 1 aliphatic heterocycles. The van der Waals surface area contributed by atoms with Gasteiger partial charge in [0.05, 0.1) is 18.8 Å². The molecule has 1 unspecified atom stereocenters. The van der Waals surface area contributed by atoms with E-state index in [9.17, 15) is 4.79 Å². The SMILES string of the molecule is Cn1c(Cl)cnc1CN1Cc2ccccc2CC1C(N)=O. The average molecular weight is 305 g/mol. The lowest BCUT2D eigenvalue weighted by atomic mass is 9.93. The van der Waals surface area contributed by atoms with Gasteiger partial charge in [0.25, 0.3) is 0 Å². The van der Waals surface area contributed by atoms with Crippen LogP contribution in [0.5, 0.6) is 0 Å². The number of fused-ring (bicyclic) bond motifs is 1. The Morgan fingerprint density at radius 2 is 2.14 bits per heavy atom. The van der Waals surface area contributed by atoms with Gasteiger partial charge in [-0.15, -0.1) is 0 Å².